The molecule has 3 aliphatic rings. The van der Waals surface area contributed by atoms with Crippen molar-refractivity contribution in [3.05, 3.63) is 0 Å². The minimum absolute atomic E-state index is 0.00694. The Bertz CT molecular complexity index is 2370. The number of hydrogen-bond donors (Lipinski definition) is 0. The first-order valence-corrected chi connectivity index (χ1v) is 64.4. The summed E-state index contributed by atoms with van der Waals surface area (Å²) in [6, 6.07) is 0. The number of hydrogen-bond acceptors (Lipinski definition) is 48. The molecule has 3 rings (SSSR count). The van der Waals surface area contributed by atoms with Gasteiger partial charge in [0.15, 0.2) is 0 Å². The molecule has 3 saturated heterocycles. The van der Waals surface area contributed by atoms with E-state index in [0.717, 1.165) is 52.5 Å². The third kappa shape index (κ3) is 125. The number of ether oxygens (including phenoxy) is 24. The molecular weight excluding hydrogens is 2890 g/mol. The Hall–Kier alpha value is 0.474. The Morgan fingerprint density at radius 2 is 0.159 bits per heavy atom. The summed E-state index contributed by atoms with van der Waals surface area (Å²) in [5.41, 5.74) is 0. The van der Waals surface area contributed by atoms with Gasteiger partial charge in [-0.15, -0.1) is 0 Å². The fourth-order valence-electron chi connectivity index (χ4n) is 4.64. The van der Waals surface area contributed by atoms with Gasteiger partial charge in [0, 0.05) is 0 Å². The molecule has 0 aromatic heterocycles. The summed E-state index contributed by atoms with van der Waals surface area (Å²) >= 11 is 3.83. The van der Waals surface area contributed by atoms with Gasteiger partial charge in [0.25, 0.3) is 0 Å². The van der Waals surface area contributed by atoms with Crippen LogP contribution in [0.2, 0.25) is 0 Å². The van der Waals surface area contributed by atoms with E-state index >= 15 is 0 Å². The molecule has 0 bridgehead atoms. The van der Waals surface area contributed by atoms with Crippen molar-refractivity contribution in [2.24, 2.45) is 0 Å². The van der Waals surface area contributed by atoms with Gasteiger partial charge in [0.05, 0.1) is 0 Å². The van der Waals surface area contributed by atoms with E-state index in [9.17, 15) is 115 Å². The molecule has 0 spiro atoms. The van der Waals surface area contributed by atoms with E-state index in [0.29, 0.717) is 0 Å². The summed E-state index contributed by atoms with van der Waals surface area (Å²) < 4.78 is 106. The first-order valence-electron chi connectivity index (χ1n) is 28.8. The second-order valence-corrected chi connectivity index (χ2v) is 37.2. The quantitative estimate of drug-likeness (QED) is 0.124. The third-order valence-corrected chi connectivity index (χ3v) is 8.60. The van der Waals surface area contributed by atoms with Crippen molar-refractivity contribution in [3.63, 3.8) is 0 Å². The van der Waals surface area contributed by atoms with Crippen LogP contribution in [0.5, 0.6) is 0 Å². The van der Waals surface area contributed by atoms with E-state index < -0.39 is 302 Å². The zero-order valence-corrected chi connectivity index (χ0v) is 92.8. The molecule has 3 aliphatic heterocycles. The van der Waals surface area contributed by atoms with Gasteiger partial charge >= 0.3 is 543 Å². The van der Waals surface area contributed by atoms with Crippen LogP contribution >= 0.6 is 242 Å². The van der Waals surface area contributed by atoms with Crippen LogP contribution in [0.1, 0.15) is 0 Å². The van der Waals surface area contributed by atoms with Gasteiger partial charge in [0.1, 0.15) is 159 Å². The fourth-order valence-corrected chi connectivity index (χ4v) is 4.64. The molecule has 800 valence electrons. The first-order chi connectivity index (χ1) is 62.6. The van der Waals surface area contributed by atoms with Crippen LogP contribution in [0.25, 0.3) is 0 Å². The Balaban J connectivity index is -0.000000138. The molecule has 0 aliphatic carbocycles. The summed E-state index contributed by atoms with van der Waals surface area (Å²) in [7, 11) is 114. The van der Waals surface area contributed by atoms with Gasteiger partial charge < -0.3 is 114 Å². The number of esters is 24. The van der Waals surface area contributed by atoms with Crippen LogP contribution in [0, 0.1) is 0 Å². The van der Waals surface area contributed by atoms with Crippen LogP contribution in [-0.2, 0) is 386 Å². The van der Waals surface area contributed by atoms with Crippen molar-refractivity contribution in [1.82, 2.24) is 0 Å². The van der Waals surface area contributed by atoms with E-state index in [4.69, 9.17) is 162 Å². The second-order valence-electron chi connectivity index (χ2n) is 15.9. The van der Waals surface area contributed by atoms with Crippen molar-refractivity contribution in [1.29, 1.82) is 0 Å². The standard InChI is InChI=1S/3C16H16O16.24ClH.4Cu.4Fe.4Mn/c3*17-9-10(18)27-3-4-29-13(21)14(22)31-7-8-32-16(24)15(23)30-6-5-28-12(20)11(19)26-2-1-25-9;;;;;;;;;;;;;;;;;;;;;;;;;;;;;;;;;;;;/h3*1-8H2;24*1H;;;;;;;;;;;;/q;;;;;;;;;;;;;;;;;;;;;;;;;;;12*+2/p-24. The normalized spacial score (nSPS) is 16.1. The van der Waals surface area contributed by atoms with Crippen LogP contribution in [0.3, 0.4) is 0 Å². The molecule has 0 radical (unpaired) electrons. The van der Waals surface area contributed by atoms with Crippen LogP contribution in [0.4, 0.5) is 0 Å². The molecule has 3 fully saturated rings. The van der Waals surface area contributed by atoms with Crippen molar-refractivity contribution < 1.29 is 386 Å². The summed E-state index contributed by atoms with van der Waals surface area (Å²) in [4.78, 5) is 272. The predicted octanol–water partition coefficient (Wildman–Crippen LogP) is 5.55. The fraction of sp³-hybridized carbons (Fsp3) is 0.500. The Kier molecular flexibility index (Phi) is 152. The Morgan fingerprint density at radius 1 is 0.136 bits per heavy atom. The first kappa shape index (κ1) is 158. The van der Waals surface area contributed by atoms with E-state index in [2.05, 4.69) is 194 Å². The predicted molar refractivity (Wildman–Crippen MR) is 403 cm³/mol. The average Bonchev–Trinajstić information content (AvgIpc) is 0.944. The monoisotopic (exact) mass is 2930 g/mol. The molecule has 0 N–H and O–H groups in total. The third-order valence-electron chi connectivity index (χ3n) is 8.60. The molecular formula is C48H48Cl24Cu4Fe4Mn4O48. The molecule has 0 aromatic rings. The molecule has 0 amide bonds. The molecule has 0 atom stereocenters. The van der Waals surface area contributed by atoms with E-state index in [1.54, 1.807) is 0 Å². The van der Waals surface area contributed by atoms with E-state index in [1.165, 1.54) is 0 Å². The molecule has 132 heavy (non-hydrogen) atoms. The molecule has 0 aromatic carbocycles. The zero-order valence-electron chi connectivity index (χ0n) is 61.8. The van der Waals surface area contributed by atoms with Crippen LogP contribution in [-0.4, -0.2) is 302 Å². The maximum atomic E-state index is 11.3. The molecule has 3 heterocycles. The summed E-state index contributed by atoms with van der Waals surface area (Å²) in [6.45, 7) is -14.8. The number of carbonyl (C=O) groups is 24. The molecule has 48 nitrogen and oxygen atoms in total. The zero-order chi connectivity index (χ0) is 104. The molecule has 0 unspecified atom stereocenters. The summed E-state index contributed by atoms with van der Waals surface area (Å²) in [6.07, 6.45) is 0. The average molecular weight is 2940 g/mol. The van der Waals surface area contributed by atoms with Crippen LogP contribution in [0.15, 0.2) is 0 Å². The number of cyclic esters (lactones) is 24. The minimum atomic E-state index is -1.47. The number of rotatable bonds is 0. The van der Waals surface area contributed by atoms with Gasteiger partial charge in [-0.1, -0.05) is 0 Å². The van der Waals surface area contributed by atoms with Gasteiger partial charge in [0.2, 0.25) is 0 Å². The topological polar surface area (TPSA) is 631 Å². The van der Waals surface area contributed by atoms with E-state index in [1.807, 2.05) is 0 Å². The van der Waals surface area contributed by atoms with Gasteiger partial charge in [-0.2, -0.15) is 0 Å². The van der Waals surface area contributed by atoms with Gasteiger partial charge in [-0.25, -0.2) is 115 Å². The van der Waals surface area contributed by atoms with Gasteiger partial charge in [-0.05, 0) is 0 Å². The summed E-state index contributed by atoms with van der Waals surface area (Å²) in [5, 5.41) is 0. The number of halogens is 24. The van der Waals surface area contributed by atoms with Gasteiger partial charge in [-0.3, -0.25) is 0 Å². The van der Waals surface area contributed by atoms with Crippen LogP contribution < -0.4 is 0 Å². The number of carbonyl (C=O) groups excluding carboxylic acids is 24. The maximum absolute atomic E-state index is 11.3. The SMILES string of the molecule is O=C1OCCOC(=O)C(=O)OCCOC(=O)C(=O)OCCOC(=O)C(=O)OCCOC1=O.O=C1OCCOC(=O)C(=O)OCCOC(=O)C(=O)OCCOC(=O)C(=O)OCCOC1=O.O=C1OCCOC(=O)C(=O)OCCOC(=O)C(=O)OCCOC(=O)C(=O)OCCOC1=O.[Cl][Cu][Cl].[Cl][Cu][Cl].[Cl][Cu][Cl].[Cl][Cu][Cl].[Cl][Fe][Cl].[Cl][Fe][Cl].[Cl][Fe][Cl].[Cl][Fe][Cl].[Cl][Mn][Cl].[Cl][Mn][Cl].[Cl][Mn][Cl].[Cl][Mn][Cl]. The summed E-state index contributed by atoms with van der Waals surface area (Å²) in [5.74, 6) is -35.3. The Morgan fingerprint density at radius 3 is 0.182 bits per heavy atom. The Labute approximate surface area is 918 Å². The van der Waals surface area contributed by atoms with Crippen molar-refractivity contribution in [3.8, 4) is 0 Å². The van der Waals surface area contributed by atoms with Crippen molar-refractivity contribution in [2.75, 3.05) is 159 Å². The molecule has 0 saturated carbocycles. The molecule has 84 heteroatoms. The van der Waals surface area contributed by atoms with Crippen molar-refractivity contribution in [2.45, 2.75) is 0 Å². The second kappa shape index (κ2) is 128. The van der Waals surface area contributed by atoms with Crippen molar-refractivity contribution >= 4 is 386 Å². The van der Waals surface area contributed by atoms with E-state index in [-0.39, 0.29) is 105 Å².